The maximum absolute atomic E-state index is 12.5. The van der Waals surface area contributed by atoms with Crippen LogP contribution in [0.5, 0.6) is 0 Å². The predicted molar refractivity (Wildman–Crippen MR) is 121 cm³/mol. The van der Waals surface area contributed by atoms with Gasteiger partial charge in [0.1, 0.15) is 24.2 Å². The highest BCUT2D eigenvalue weighted by Crippen LogP contribution is 2.37. The molecule has 1 N–H and O–H groups in total. The van der Waals surface area contributed by atoms with Gasteiger partial charge >= 0.3 is 17.9 Å². The molecule has 1 heterocycles. The monoisotopic (exact) mass is 541 g/mol. The van der Waals surface area contributed by atoms with Crippen LogP contribution in [0, 0.1) is 0 Å². The van der Waals surface area contributed by atoms with E-state index < -0.39 is 57.4 Å². The molecule has 1 aliphatic heterocycles. The van der Waals surface area contributed by atoms with Crippen LogP contribution in [0.2, 0.25) is 0 Å². The van der Waals surface area contributed by atoms with Crippen molar-refractivity contribution in [2.45, 2.75) is 59.2 Å². The highest BCUT2D eigenvalue weighted by atomic mass is 35.6. The number of ether oxygens (including phenoxy) is 4. The average molecular weight is 543 g/mol. The van der Waals surface area contributed by atoms with Crippen molar-refractivity contribution in [3.8, 4) is 0 Å². The lowest BCUT2D eigenvalue weighted by Gasteiger charge is -2.45. The zero-order valence-electron chi connectivity index (χ0n) is 17.8. The molecule has 1 aromatic carbocycles. The van der Waals surface area contributed by atoms with Gasteiger partial charge in [0.15, 0.2) is 12.2 Å². The lowest BCUT2D eigenvalue weighted by atomic mass is 9.97. The molecule has 0 aromatic heterocycles. The first-order valence-electron chi connectivity index (χ1n) is 9.61. The normalized spacial score (nSPS) is 25.0. The molecule has 0 aliphatic carbocycles. The molecule has 0 unspecified atom stereocenters. The third-order valence-corrected chi connectivity index (χ3v) is 5.95. The molecule has 1 saturated heterocycles. The number of hydrogen-bond acceptors (Lipinski definition) is 9. The van der Waals surface area contributed by atoms with Crippen LogP contribution in [0.3, 0.4) is 0 Å². The van der Waals surface area contributed by atoms with Crippen LogP contribution in [0.4, 0.5) is 0 Å². The van der Waals surface area contributed by atoms with Crippen molar-refractivity contribution >= 4 is 70.4 Å². The number of benzene rings is 1. The first-order chi connectivity index (χ1) is 15.4. The Labute approximate surface area is 209 Å². The van der Waals surface area contributed by atoms with Crippen LogP contribution in [0.15, 0.2) is 35.2 Å². The van der Waals surface area contributed by atoms with Gasteiger partial charge in [0.2, 0.25) is 0 Å². The minimum atomic E-state index is -2.33. The summed E-state index contributed by atoms with van der Waals surface area (Å²) in [6, 6.07) is 7.88. The maximum Gasteiger partial charge on any atom is 0.303 e. The van der Waals surface area contributed by atoms with Gasteiger partial charge in [-0.25, -0.2) is 0 Å². The molecular formula is C20H22Cl3NO8S. The Morgan fingerprint density at radius 2 is 1.55 bits per heavy atom. The fraction of sp³-hybridized carbons (Fsp3) is 0.500. The van der Waals surface area contributed by atoms with Gasteiger partial charge in [0.25, 0.3) is 9.70 Å². The number of carbonyl (C=O) groups excluding carboxylic acids is 4. The first kappa shape index (κ1) is 27.5. The molecule has 5 atom stereocenters. The van der Waals surface area contributed by atoms with E-state index in [-0.39, 0.29) is 6.61 Å². The van der Waals surface area contributed by atoms with Crippen molar-refractivity contribution in [1.29, 1.82) is 0 Å². The highest BCUT2D eigenvalue weighted by Gasteiger charge is 2.52. The van der Waals surface area contributed by atoms with Gasteiger partial charge < -0.3 is 24.3 Å². The number of alkyl halides is 3. The van der Waals surface area contributed by atoms with Crippen molar-refractivity contribution < 1.29 is 38.1 Å². The largest absolute Gasteiger partial charge is 0.463 e. The molecule has 1 amide bonds. The molecule has 1 aliphatic rings. The first-order valence-corrected chi connectivity index (χ1v) is 11.6. The maximum atomic E-state index is 12.5. The summed E-state index contributed by atoms with van der Waals surface area (Å²) in [6.45, 7) is 3.19. The zero-order chi connectivity index (χ0) is 24.8. The van der Waals surface area contributed by atoms with Gasteiger partial charge in [-0.15, -0.1) is 0 Å². The van der Waals surface area contributed by atoms with Crippen LogP contribution < -0.4 is 5.32 Å². The van der Waals surface area contributed by atoms with Gasteiger partial charge in [0, 0.05) is 25.7 Å². The Hall–Kier alpha value is -1.72. The molecule has 0 bridgehead atoms. The summed E-state index contributed by atoms with van der Waals surface area (Å²) in [5.41, 5.74) is -0.916. The van der Waals surface area contributed by atoms with Crippen LogP contribution in [-0.4, -0.2) is 64.0 Å². The van der Waals surface area contributed by atoms with Gasteiger partial charge in [-0.1, -0.05) is 64.8 Å². The minimum absolute atomic E-state index is 0.304. The van der Waals surface area contributed by atoms with Crippen LogP contribution >= 0.6 is 46.6 Å². The summed E-state index contributed by atoms with van der Waals surface area (Å²) >= 11 is 18.3. The predicted octanol–water partition coefficient (Wildman–Crippen LogP) is 2.79. The van der Waals surface area contributed by atoms with Gasteiger partial charge in [0.05, 0.1) is 0 Å². The average Bonchev–Trinajstić information content (AvgIpc) is 2.70. The fourth-order valence-electron chi connectivity index (χ4n) is 3.02. The molecule has 0 radical (unpaired) electrons. The van der Waals surface area contributed by atoms with E-state index in [1.54, 1.807) is 24.3 Å². The standard InChI is InChI=1S/C20H22Cl3NO8S/c1-10(25)29-9-14-16(30-11(2)26)17(31-12(3)27)15(24-19(28)20(21,22)23)18(32-14)33-13-7-5-4-6-8-13/h4-8,14-18H,9H2,1-3H3,(H,24,28)/t14-,15-,16+,17-,18+/m1/s1. The second kappa shape index (κ2) is 12.1. The molecule has 182 valence electrons. The van der Waals surface area contributed by atoms with Crippen molar-refractivity contribution in [3.05, 3.63) is 30.3 Å². The van der Waals surface area contributed by atoms with Gasteiger partial charge in [-0.3, -0.25) is 19.2 Å². The van der Waals surface area contributed by atoms with E-state index in [9.17, 15) is 19.2 Å². The summed E-state index contributed by atoms with van der Waals surface area (Å²) in [4.78, 5) is 48.4. The molecule has 2 rings (SSSR count). The Kier molecular flexibility index (Phi) is 10.1. The lowest BCUT2D eigenvalue weighted by molar-refractivity contribution is -0.211. The third-order valence-electron chi connectivity index (χ3n) is 4.25. The number of carbonyl (C=O) groups is 4. The van der Waals surface area contributed by atoms with Gasteiger partial charge in [-0.05, 0) is 12.1 Å². The smallest absolute Gasteiger partial charge is 0.303 e. The van der Waals surface area contributed by atoms with Crippen molar-refractivity contribution in [2.75, 3.05) is 6.61 Å². The van der Waals surface area contributed by atoms with Crippen molar-refractivity contribution in [2.24, 2.45) is 0 Å². The number of thioether (sulfide) groups is 1. The van der Waals surface area contributed by atoms with E-state index in [0.717, 1.165) is 18.7 Å². The number of rotatable bonds is 7. The van der Waals surface area contributed by atoms with E-state index in [4.69, 9.17) is 53.8 Å². The highest BCUT2D eigenvalue weighted by molar-refractivity contribution is 7.99. The second-order valence-corrected chi connectivity index (χ2v) is 10.4. The molecular weight excluding hydrogens is 521 g/mol. The molecule has 9 nitrogen and oxygen atoms in total. The number of nitrogens with one attached hydrogen (secondary N) is 1. The Bertz CT molecular complexity index is 867. The number of amides is 1. The minimum Gasteiger partial charge on any atom is -0.463 e. The van der Waals surface area contributed by atoms with Crippen molar-refractivity contribution in [3.63, 3.8) is 0 Å². The molecule has 13 heteroatoms. The second-order valence-electron chi connectivity index (χ2n) is 6.92. The third kappa shape index (κ3) is 8.53. The molecule has 0 spiro atoms. The SMILES string of the molecule is CC(=O)OC[C@H]1O[C@@H](Sc2ccccc2)[C@H](NC(=O)C(Cl)(Cl)Cl)[C@@H](OC(C)=O)[C@H]1OC(C)=O. The Morgan fingerprint density at radius 1 is 0.970 bits per heavy atom. The fourth-order valence-corrected chi connectivity index (χ4v) is 4.34. The molecule has 1 aromatic rings. The Morgan fingerprint density at radius 3 is 2.06 bits per heavy atom. The van der Waals surface area contributed by atoms with E-state index >= 15 is 0 Å². The van der Waals surface area contributed by atoms with E-state index in [2.05, 4.69) is 5.32 Å². The van der Waals surface area contributed by atoms with Crippen molar-refractivity contribution in [1.82, 2.24) is 5.32 Å². The Balaban J connectivity index is 2.49. The van der Waals surface area contributed by atoms with E-state index in [1.165, 1.54) is 18.7 Å². The van der Waals surface area contributed by atoms with E-state index in [0.29, 0.717) is 0 Å². The number of esters is 3. The van der Waals surface area contributed by atoms with Crippen LogP contribution in [0.25, 0.3) is 0 Å². The summed E-state index contributed by atoms with van der Waals surface area (Å²) in [5, 5.41) is 2.52. The van der Waals surface area contributed by atoms with E-state index in [1.807, 2.05) is 6.07 Å². The molecule has 33 heavy (non-hydrogen) atoms. The summed E-state index contributed by atoms with van der Waals surface area (Å²) in [7, 11) is 0. The quantitative estimate of drug-likeness (QED) is 0.315. The summed E-state index contributed by atoms with van der Waals surface area (Å²) < 4.78 is 19.6. The topological polar surface area (TPSA) is 117 Å². The summed E-state index contributed by atoms with van der Waals surface area (Å²) in [6.07, 6.45) is -3.51. The van der Waals surface area contributed by atoms with Crippen LogP contribution in [-0.2, 0) is 38.1 Å². The molecule has 1 fully saturated rings. The lowest BCUT2D eigenvalue weighted by Crippen LogP contribution is -2.66. The summed E-state index contributed by atoms with van der Waals surface area (Å²) in [5.74, 6) is -3.03. The number of halogens is 3. The number of hydrogen-bond donors (Lipinski definition) is 1. The molecule has 0 saturated carbocycles. The zero-order valence-corrected chi connectivity index (χ0v) is 20.9. The van der Waals surface area contributed by atoms with Crippen LogP contribution in [0.1, 0.15) is 20.8 Å². The van der Waals surface area contributed by atoms with Gasteiger partial charge in [-0.2, -0.15) is 0 Å².